The average Bonchev–Trinajstić information content (AvgIpc) is 2.38. The van der Waals surface area contributed by atoms with E-state index in [1.54, 1.807) is 18.2 Å². The summed E-state index contributed by atoms with van der Waals surface area (Å²) in [7, 11) is 0. The third-order valence-corrected chi connectivity index (χ3v) is 2.54. The molecule has 0 radical (unpaired) electrons. The Hall–Kier alpha value is -2.61. The van der Waals surface area contributed by atoms with Gasteiger partial charge in [-0.2, -0.15) is 5.26 Å². The number of nitriles is 1. The number of aromatic nitrogens is 2. The zero-order chi connectivity index (χ0) is 13.8. The van der Waals surface area contributed by atoms with Crippen LogP contribution in [0.4, 0.5) is 17.3 Å². The fourth-order valence-corrected chi connectivity index (χ4v) is 1.62. The molecule has 0 spiro atoms. The van der Waals surface area contributed by atoms with Gasteiger partial charge < -0.3 is 11.1 Å². The monoisotopic (exact) mass is 253 g/mol. The number of nitrogens with zero attached hydrogens (tertiary/aromatic N) is 3. The first-order chi connectivity index (χ1) is 9.08. The van der Waals surface area contributed by atoms with E-state index in [0.717, 1.165) is 5.69 Å². The van der Waals surface area contributed by atoms with Crippen molar-refractivity contribution in [2.24, 2.45) is 0 Å². The fourth-order valence-electron chi connectivity index (χ4n) is 1.62. The largest absolute Gasteiger partial charge is 0.384 e. The van der Waals surface area contributed by atoms with Gasteiger partial charge in [-0.05, 0) is 18.2 Å². The standard InChI is InChI=1S/C14H15N5/c1-9(2)14-18-12(16)7-13(19-14)17-11-5-3-4-10(6-11)8-15/h3-7,9H,1-2H3,(H3,16,17,18,19). The molecule has 0 aliphatic rings. The van der Waals surface area contributed by atoms with E-state index < -0.39 is 0 Å². The van der Waals surface area contributed by atoms with Crippen LogP contribution in [0.2, 0.25) is 0 Å². The van der Waals surface area contributed by atoms with Crippen LogP contribution in [0.25, 0.3) is 0 Å². The summed E-state index contributed by atoms with van der Waals surface area (Å²) in [5, 5.41) is 12.0. The predicted molar refractivity (Wildman–Crippen MR) is 75.0 cm³/mol. The highest BCUT2D eigenvalue weighted by molar-refractivity contribution is 5.60. The SMILES string of the molecule is CC(C)c1nc(N)cc(Nc2cccc(C#N)c2)n1. The van der Waals surface area contributed by atoms with Gasteiger partial charge in [0.25, 0.3) is 0 Å². The Morgan fingerprint density at radius 3 is 2.74 bits per heavy atom. The van der Waals surface area contributed by atoms with Gasteiger partial charge in [0.15, 0.2) is 0 Å². The Bertz CT molecular complexity index is 628. The lowest BCUT2D eigenvalue weighted by Crippen LogP contribution is -2.04. The predicted octanol–water partition coefficient (Wildman–Crippen LogP) is 2.80. The molecular formula is C14H15N5. The van der Waals surface area contributed by atoms with E-state index >= 15 is 0 Å². The third-order valence-electron chi connectivity index (χ3n) is 2.54. The minimum absolute atomic E-state index is 0.203. The lowest BCUT2D eigenvalue weighted by atomic mass is 10.2. The highest BCUT2D eigenvalue weighted by Gasteiger charge is 2.07. The molecule has 0 amide bonds. The second-order valence-corrected chi connectivity index (χ2v) is 4.51. The minimum atomic E-state index is 0.203. The number of nitrogens with one attached hydrogen (secondary N) is 1. The summed E-state index contributed by atoms with van der Waals surface area (Å²) >= 11 is 0. The number of hydrogen-bond donors (Lipinski definition) is 2. The van der Waals surface area contributed by atoms with Crippen LogP contribution in [0.5, 0.6) is 0 Å². The van der Waals surface area contributed by atoms with Crippen LogP contribution in [0.3, 0.4) is 0 Å². The van der Waals surface area contributed by atoms with E-state index in [4.69, 9.17) is 11.0 Å². The molecule has 0 saturated carbocycles. The summed E-state index contributed by atoms with van der Waals surface area (Å²) in [5.74, 6) is 1.96. The summed E-state index contributed by atoms with van der Waals surface area (Å²) in [5.41, 5.74) is 7.16. The van der Waals surface area contributed by atoms with Crippen molar-refractivity contribution in [3.63, 3.8) is 0 Å². The van der Waals surface area contributed by atoms with Gasteiger partial charge in [-0.15, -0.1) is 0 Å². The van der Waals surface area contributed by atoms with E-state index in [1.807, 2.05) is 26.0 Å². The molecule has 1 heterocycles. The molecule has 96 valence electrons. The average molecular weight is 253 g/mol. The van der Waals surface area contributed by atoms with E-state index in [9.17, 15) is 0 Å². The maximum atomic E-state index is 8.87. The third kappa shape index (κ3) is 3.19. The van der Waals surface area contributed by atoms with Crippen molar-refractivity contribution in [2.45, 2.75) is 19.8 Å². The first kappa shape index (κ1) is 12.8. The molecule has 0 bridgehead atoms. The molecular weight excluding hydrogens is 238 g/mol. The van der Waals surface area contributed by atoms with Gasteiger partial charge in [0.1, 0.15) is 17.5 Å². The zero-order valence-corrected chi connectivity index (χ0v) is 10.9. The normalized spacial score (nSPS) is 10.2. The zero-order valence-electron chi connectivity index (χ0n) is 10.9. The van der Waals surface area contributed by atoms with Crippen molar-refractivity contribution in [2.75, 3.05) is 11.1 Å². The molecule has 0 aliphatic carbocycles. The van der Waals surface area contributed by atoms with Gasteiger partial charge in [-0.1, -0.05) is 19.9 Å². The molecule has 2 aromatic rings. The molecule has 1 aromatic carbocycles. The lowest BCUT2D eigenvalue weighted by Gasteiger charge is -2.10. The summed E-state index contributed by atoms with van der Waals surface area (Å²) in [6.07, 6.45) is 0. The van der Waals surface area contributed by atoms with E-state index in [1.165, 1.54) is 0 Å². The van der Waals surface area contributed by atoms with Gasteiger partial charge in [-0.3, -0.25) is 0 Å². The first-order valence-electron chi connectivity index (χ1n) is 6.00. The van der Waals surface area contributed by atoms with Crippen molar-refractivity contribution < 1.29 is 0 Å². The van der Waals surface area contributed by atoms with Crippen LogP contribution in [0.15, 0.2) is 30.3 Å². The Morgan fingerprint density at radius 1 is 1.26 bits per heavy atom. The topological polar surface area (TPSA) is 87.6 Å². The van der Waals surface area contributed by atoms with Gasteiger partial charge in [0, 0.05) is 17.7 Å². The molecule has 1 aromatic heterocycles. The number of anilines is 3. The van der Waals surface area contributed by atoms with Crippen molar-refractivity contribution in [3.05, 3.63) is 41.7 Å². The molecule has 0 fully saturated rings. The van der Waals surface area contributed by atoms with Gasteiger partial charge in [0.2, 0.25) is 0 Å². The Labute approximate surface area is 112 Å². The van der Waals surface area contributed by atoms with E-state index in [2.05, 4.69) is 21.4 Å². The Kier molecular flexibility index (Phi) is 3.62. The van der Waals surface area contributed by atoms with Crippen LogP contribution in [0.1, 0.15) is 31.2 Å². The highest BCUT2D eigenvalue weighted by Crippen LogP contribution is 2.19. The number of nitrogen functional groups attached to an aromatic ring is 1. The summed E-state index contributed by atoms with van der Waals surface area (Å²) in [6, 6.07) is 11.0. The molecule has 5 heteroatoms. The van der Waals surface area contributed by atoms with Crippen molar-refractivity contribution >= 4 is 17.3 Å². The minimum Gasteiger partial charge on any atom is -0.384 e. The molecule has 0 aliphatic heterocycles. The van der Waals surface area contributed by atoms with E-state index in [0.29, 0.717) is 23.0 Å². The van der Waals surface area contributed by atoms with Crippen molar-refractivity contribution in [1.82, 2.24) is 9.97 Å². The van der Waals surface area contributed by atoms with Crippen LogP contribution in [-0.4, -0.2) is 9.97 Å². The van der Waals surface area contributed by atoms with Crippen molar-refractivity contribution in [1.29, 1.82) is 5.26 Å². The second-order valence-electron chi connectivity index (χ2n) is 4.51. The maximum Gasteiger partial charge on any atom is 0.136 e. The number of benzene rings is 1. The van der Waals surface area contributed by atoms with Gasteiger partial charge in [-0.25, -0.2) is 9.97 Å². The quantitative estimate of drug-likeness (QED) is 0.878. The van der Waals surface area contributed by atoms with Gasteiger partial charge in [0.05, 0.1) is 11.6 Å². The molecule has 0 unspecified atom stereocenters. The molecule has 0 atom stereocenters. The van der Waals surface area contributed by atoms with Crippen LogP contribution < -0.4 is 11.1 Å². The number of rotatable bonds is 3. The summed E-state index contributed by atoms with van der Waals surface area (Å²) < 4.78 is 0. The highest BCUT2D eigenvalue weighted by atomic mass is 15.1. The number of hydrogen-bond acceptors (Lipinski definition) is 5. The van der Waals surface area contributed by atoms with Crippen LogP contribution in [0, 0.1) is 11.3 Å². The van der Waals surface area contributed by atoms with Crippen LogP contribution >= 0.6 is 0 Å². The Morgan fingerprint density at radius 2 is 2.05 bits per heavy atom. The smallest absolute Gasteiger partial charge is 0.136 e. The summed E-state index contributed by atoms with van der Waals surface area (Å²) in [4.78, 5) is 8.58. The van der Waals surface area contributed by atoms with Gasteiger partial charge >= 0.3 is 0 Å². The molecule has 2 rings (SSSR count). The Balaban J connectivity index is 2.30. The fraction of sp³-hybridized carbons (Fsp3) is 0.214. The first-order valence-corrected chi connectivity index (χ1v) is 6.00. The molecule has 19 heavy (non-hydrogen) atoms. The van der Waals surface area contributed by atoms with Crippen molar-refractivity contribution in [3.8, 4) is 6.07 Å². The second kappa shape index (κ2) is 5.36. The molecule has 0 saturated heterocycles. The number of nitrogens with two attached hydrogens (primary N) is 1. The molecule has 3 N–H and O–H groups in total. The van der Waals surface area contributed by atoms with Crippen LogP contribution in [-0.2, 0) is 0 Å². The maximum absolute atomic E-state index is 8.87. The lowest BCUT2D eigenvalue weighted by molar-refractivity contribution is 0.779. The molecule has 5 nitrogen and oxygen atoms in total. The summed E-state index contributed by atoms with van der Waals surface area (Å²) in [6.45, 7) is 4.02. The van der Waals surface area contributed by atoms with E-state index in [-0.39, 0.29) is 5.92 Å².